The van der Waals surface area contributed by atoms with Crippen molar-refractivity contribution in [3.63, 3.8) is 0 Å². The Hall–Kier alpha value is -1.22. The van der Waals surface area contributed by atoms with E-state index in [1.54, 1.807) is 0 Å². The lowest BCUT2D eigenvalue weighted by atomic mass is 9.88. The maximum atomic E-state index is 8.86. The molecule has 4 N–H and O–H groups in total. The summed E-state index contributed by atoms with van der Waals surface area (Å²) < 4.78 is 0. The first kappa shape index (κ1) is 13.8. The van der Waals surface area contributed by atoms with E-state index in [1.165, 1.54) is 5.56 Å². The SMILES string of the molecule is Cc1cc(N)ccc1NCC(C)(C)CCCO. The minimum absolute atomic E-state index is 0.191. The molecule has 0 spiro atoms. The normalized spacial score (nSPS) is 11.5. The zero-order chi connectivity index (χ0) is 12.9. The van der Waals surface area contributed by atoms with E-state index in [2.05, 4.69) is 26.1 Å². The van der Waals surface area contributed by atoms with Gasteiger partial charge < -0.3 is 16.2 Å². The largest absolute Gasteiger partial charge is 0.399 e. The van der Waals surface area contributed by atoms with E-state index in [4.69, 9.17) is 10.8 Å². The molecule has 17 heavy (non-hydrogen) atoms. The number of hydrogen-bond acceptors (Lipinski definition) is 3. The van der Waals surface area contributed by atoms with Crippen LogP contribution >= 0.6 is 0 Å². The van der Waals surface area contributed by atoms with E-state index in [0.29, 0.717) is 0 Å². The molecule has 0 radical (unpaired) electrons. The quantitative estimate of drug-likeness (QED) is 0.666. The van der Waals surface area contributed by atoms with Gasteiger partial charge in [0, 0.05) is 24.5 Å². The summed E-state index contributed by atoms with van der Waals surface area (Å²) in [6, 6.07) is 5.91. The number of benzene rings is 1. The molecular formula is C14H24N2O. The molecule has 0 saturated carbocycles. The summed E-state index contributed by atoms with van der Waals surface area (Å²) in [6.07, 6.45) is 1.87. The molecule has 3 nitrogen and oxygen atoms in total. The summed E-state index contributed by atoms with van der Waals surface area (Å²) in [7, 11) is 0. The highest BCUT2D eigenvalue weighted by Gasteiger charge is 2.17. The van der Waals surface area contributed by atoms with E-state index in [-0.39, 0.29) is 12.0 Å². The fourth-order valence-corrected chi connectivity index (χ4v) is 1.87. The zero-order valence-electron chi connectivity index (χ0n) is 11.1. The number of anilines is 2. The van der Waals surface area contributed by atoms with Crippen molar-refractivity contribution in [3.8, 4) is 0 Å². The second-order valence-corrected chi connectivity index (χ2v) is 5.42. The minimum Gasteiger partial charge on any atom is -0.399 e. The molecule has 0 atom stereocenters. The third-order valence-electron chi connectivity index (χ3n) is 3.02. The van der Waals surface area contributed by atoms with Crippen LogP contribution in [0.4, 0.5) is 11.4 Å². The van der Waals surface area contributed by atoms with Crippen LogP contribution in [0.5, 0.6) is 0 Å². The number of nitrogen functional groups attached to an aromatic ring is 1. The maximum Gasteiger partial charge on any atom is 0.0431 e. The van der Waals surface area contributed by atoms with Gasteiger partial charge in [0.15, 0.2) is 0 Å². The topological polar surface area (TPSA) is 58.3 Å². The average Bonchev–Trinajstić information content (AvgIpc) is 2.25. The molecule has 0 aromatic heterocycles. The van der Waals surface area contributed by atoms with Crippen molar-refractivity contribution in [2.45, 2.75) is 33.6 Å². The Balaban J connectivity index is 2.54. The van der Waals surface area contributed by atoms with Crippen molar-refractivity contribution >= 4 is 11.4 Å². The predicted molar refractivity (Wildman–Crippen MR) is 74.2 cm³/mol. The summed E-state index contributed by atoms with van der Waals surface area (Å²) in [5.74, 6) is 0. The second-order valence-electron chi connectivity index (χ2n) is 5.42. The number of hydrogen-bond donors (Lipinski definition) is 3. The van der Waals surface area contributed by atoms with E-state index in [9.17, 15) is 0 Å². The highest BCUT2D eigenvalue weighted by molar-refractivity contribution is 5.57. The number of aliphatic hydroxyl groups excluding tert-OH is 1. The van der Waals surface area contributed by atoms with Gasteiger partial charge in [-0.05, 0) is 48.9 Å². The molecule has 1 rings (SSSR count). The molecular weight excluding hydrogens is 212 g/mol. The van der Waals surface area contributed by atoms with E-state index >= 15 is 0 Å². The van der Waals surface area contributed by atoms with Gasteiger partial charge in [-0.2, -0.15) is 0 Å². The molecule has 0 amide bonds. The zero-order valence-corrected chi connectivity index (χ0v) is 11.1. The fraction of sp³-hybridized carbons (Fsp3) is 0.571. The highest BCUT2D eigenvalue weighted by Crippen LogP contribution is 2.24. The molecule has 0 saturated heterocycles. The molecule has 0 aliphatic carbocycles. The standard InChI is InChI=1S/C14H24N2O/c1-11-9-12(15)5-6-13(11)16-10-14(2,3)7-4-8-17/h5-6,9,16-17H,4,7-8,10,15H2,1-3H3. The summed E-state index contributed by atoms with van der Waals surface area (Å²) in [5, 5.41) is 12.3. The van der Waals surface area contributed by atoms with Crippen molar-refractivity contribution in [2.24, 2.45) is 5.41 Å². The van der Waals surface area contributed by atoms with Crippen molar-refractivity contribution in [1.29, 1.82) is 0 Å². The molecule has 0 aliphatic heterocycles. The Kier molecular flexibility index (Phi) is 4.82. The van der Waals surface area contributed by atoms with Gasteiger partial charge in [-0.25, -0.2) is 0 Å². The van der Waals surface area contributed by atoms with Gasteiger partial charge >= 0.3 is 0 Å². The second kappa shape index (κ2) is 5.92. The summed E-state index contributed by atoms with van der Waals surface area (Å²) in [4.78, 5) is 0. The summed E-state index contributed by atoms with van der Waals surface area (Å²) >= 11 is 0. The van der Waals surface area contributed by atoms with Gasteiger partial charge in [-0.3, -0.25) is 0 Å². The molecule has 0 bridgehead atoms. The Morgan fingerprint density at radius 3 is 2.65 bits per heavy atom. The number of aliphatic hydroxyl groups is 1. The molecule has 1 aromatic rings. The van der Waals surface area contributed by atoms with Crippen molar-refractivity contribution in [2.75, 3.05) is 24.2 Å². The third kappa shape index (κ3) is 4.65. The van der Waals surface area contributed by atoms with Crippen molar-refractivity contribution in [3.05, 3.63) is 23.8 Å². The van der Waals surface area contributed by atoms with Gasteiger partial charge in [0.25, 0.3) is 0 Å². The Morgan fingerprint density at radius 2 is 2.06 bits per heavy atom. The van der Waals surface area contributed by atoms with Crippen LogP contribution in [0.2, 0.25) is 0 Å². The van der Waals surface area contributed by atoms with Crippen LogP contribution < -0.4 is 11.1 Å². The smallest absolute Gasteiger partial charge is 0.0431 e. The molecule has 3 heteroatoms. The van der Waals surface area contributed by atoms with Gasteiger partial charge in [-0.15, -0.1) is 0 Å². The lowest BCUT2D eigenvalue weighted by Crippen LogP contribution is -2.23. The van der Waals surface area contributed by atoms with Crippen LogP contribution in [0.1, 0.15) is 32.3 Å². The number of nitrogens with one attached hydrogen (secondary N) is 1. The Bertz CT molecular complexity index is 361. The first-order valence-electron chi connectivity index (χ1n) is 6.15. The molecule has 0 unspecified atom stereocenters. The molecule has 0 heterocycles. The van der Waals surface area contributed by atoms with Crippen LogP contribution in [-0.4, -0.2) is 18.3 Å². The molecule has 0 aliphatic rings. The van der Waals surface area contributed by atoms with Gasteiger partial charge in [0.2, 0.25) is 0 Å². The monoisotopic (exact) mass is 236 g/mol. The molecule has 1 aromatic carbocycles. The van der Waals surface area contributed by atoms with E-state index in [1.807, 2.05) is 18.2 Å². The van der Waals surface area contributed by atoms with Gasteiger partial charge in [0.1, 0.15) is 0 Å². The Labute approximate surface area is 104 Å². The number of aryl methyl sites for hydroxylation is 1. The van der Waals surface area contributed by atoms with Crippen LogP contribution in [0, 0.1) is 12.3 Å². The molecule has 0 fully saturated rings. The van der Waals surface area contributed by atoms with Gasteiger partial charge in [0.05, 0.1) is 0 Å². The summed E-state index contributed by atoms with van der Waals surface area (Å²) in [5.41, 5.74) is 9.01. The first-order chi connectivity index (χ1) is 7.94. The van der Waals surface area contributed by atoms with Gasteiger partial charge in [-0.1, -0.05) is 13.8 Å². The maximum absolute atomic E-state index is 8.86. The van der Waals surface area contributed by atoms with E-state index < -0.39 is 0 Å². The number of nitrogens with two attached hydrogens (primary N) is 1. The highest BCUT2D eigenvalue weighted by atomic mass is 16.2. The van der Waals surface area contributed by atoms with Crippen LogP contribution in [0.3, 0.4) is 0 Å². The van der Waals surface area contributed by atoms with E-state index in [0.717, 1.165) is 30.8 Å². The van der Waals surface area contributed by atoms with Crippen LogP contribution in [0.25, 0.3) is 0 Å². The first-order valence-corrected chi connectivity index (χ1v) is 6.15. The predicted octanol–water partition coefficient (Wildman–Crippen LogP) is 2.79. The Morgan fingerprint density at radius 1 is 1.35 bits per heavy atom. The van der Waals surface area contributed by atoms with Crippen molar-refractivity contribution in [1.82, 2.24) is 0 Å². The summed E-state index contributed by atoms with van der Waals surface area (Å²) in [6.45, 7) is 7.64. The lowest BCUT2D eigenvalue weighted by molar-refractivity contribution is 0.248. The van der Waals surface area contributed by atoms with Crippen molar-refractivity contribution < 1.29 is 5.11 Å². The fourth-order valence-electron chi connectivity index (χ4n) is 1.87. The average molecular weight is 236 g/mol. The lowest BCUT2D eigenvalue weighted by Gasteiger charge is -2.25. The third-order valence-corrected chi connectivity index (χ3v) is 3.02. The minimum atomic E-state index is 0.191. The van der Waals surface area contributed by atoms with Crippen LogP contribution in [0.15, 0.2) is 18.2 Å². The van der Waals surface area contributed by atoms with Crippen LogP contribution in [-0.2, 0) is 0 Å². The molecule has 96 valence electrons. The number of rotatable bonds is 6.